The minimum absolute atomic E-state index is 0.0633. The number of allylic oxidation sites excluding steroid dienone is 8. The van der Waals surface area contributed by atoms with E-state index in [9.17, 15) is 28.8 Å². The average Bonchev–Trinajstić information content (AvgIpc) is 3.23. The first-order chi connectivity index (χ1) is 30.4. The molecule has 12 nitrogen and oxygen atoms in total. The van der Waals surface area contributed by atoms with Gasteiger partial charge in [0.05, 0.1) is 26.4 Å². The Labute approximate surface area is 374 Å². The van der Waals surface area contributed by atoms with Crippen LogP contribution >= 0.6 is 0 Å². The fourth-order valence-electron chi connectivity index (χ4n) is 8.15. The van der Waals surface area contributed by atoms with E-state index in [-0.39, 0.29) is 124 Å². The molecule has 0 aromatic heterocycles. The Bertz CT molecular complexity index is 2270. The normalized spacial score (nSPS) is 18.7. The Kier molecular flexibility index (Phi) is 13.8. The molecule has 0 radical (unpaired) electrons. The van der Waals surface area contributed by atoms with Crippen molar-refractivity contribution in [2.24, 2.45) is 0 Å². The van der Waals surface area contributed by atoms with E-state index in [1.807, 2.05) is 24.3 Å². The highest BCUT2D eigenvalue weighted by Crippen LogP contribution is 2.39. The number of carbonyl (C=O) groups is 6. The summed E-state index contributed by atoms with van der Waals surface area (Å²) in [4.78, 5) is 82.3. The second kappa shape index (κ2) is 19.2. The molecule has 12 bridgehead atoms. The van der Waals surface area contributed by atoms with E-state index >= 15 is 0 Å². The van der Waals surface area contributed by atoms with Gasteiger partial charge >= 0.3 is 0 Å². The van der Waals surface area contributed by atoms with Crippen LogP contribution in [0, 0.1) is 0 Å². The zero-order chi connectivity index (χ0) is 45.8. The van der Waals surface area contributed by atoms with Gasteiger partial charge in [-0.25, -0.2) is 0 Å². The minimum atomic E-state index is -0.367. The molecule has 0 unspecified atom stereocenters. The van der Waals surface area contributed by atoms with Gasteiger partial charge in [-0.3, -0.25) is 28.8 Å². The molecular weight excluding hydrogens is 813 g/mol. The summed E-state index contributed by atoms with van der Waals surface area (Å²) in [5.74, 6) is -1.02. The molecule has 334 valence electrons. The minimum Gasteiger partial charge on any atom is -0.491 e. The van der Waals surface area contributed by atoms with Crippen molar-refractivity contribution >= 4 is 34.9 Å². The van der Waals surface area contributed by atoms with Crippen LogP contribution in [0.2, 0.25) is 0 Å². The fraction of sp³-hybridized carbons (Fsp3) is 0.385. The predicted octanol–water partition coefficient (Wildman–Crippen LogP) is 6.14. The number of hydrogen-bond donors (Lipinski definition) is 2. The van der Waals surface area contributed by atoms with E-state index in [1.165, 1.54) is 30.4 Å². The number of amides is 2. The first-order valence-electron chi connectivity index (χ1n) is 21.8. The lowest BCUT2D eigenvalue weighted by atomic mass is 9.79. The molecule has 3 aromatic rings. The first kappa shape index (κ1) is 45.8. The summed E-state index contributed by atoms with van der Waals surface area (Å²) in [5, 5.41) is 5.64. The summed E-state index contributed by atoms with van der Waals surface area (Å²) in [6.45, 7) is 13.5. The van der Waals surface area contributed by atoms with Gasteiger partial charge in [-0.2, -0.15) is 0 Å². The topological polar surface area (TPSA) is 163 Å². The van der Waals surface area contributed by atoms with Crippen molar-refractivity contribution in [2.45, 2.75) is 78.1 Å². The molecule has 8 rings (SSSR count). The third-order valence-corrected chi connectivity index (χ3v) is 11.6. The number of hydrogen-bond acceptors (Lipinski definition) is 10. The van der Waals surface area contributed by atoms with Crippen molar-refractivity contribution in [3.05, 3.63) is 140 Å². The fourth-order valence-corrected chi connectivity index (χ4v) is 8.15. The van der Waals surface area contributed by atoms with Gasteiger partial charge in [0.25, 0.3) is 11.8 Å². The van der Waals surface area contributed by atoms with Crippen LogP contribution in [0.4, 0.5) is 0 Å². The van der Waals surface area contributed by atoms with Crippen LogP contribution in [-0.2, 0) is 65.2 Å². The highest BCUT2D eigenvalue weighted by atomic mass is 16.5. The zero-order valence-electron chi connectivity index (χ0n) is 37.5. The van der Waals surface area contributed by atoms with Gasteiger partial charge in [-0.1, -0.05) is 71.9 Å². The van der Waals surface area contributed by atoms with E-state index in [0.29, 0.717) is 67.2 Å². The molecule has 2 amide bonds. The van der Waals surface area contributed by atoms with Crippen molar-refractivity contribution in [3.8, 4) is 11.5 Å². The monoisotopic (exact) mass is 868 g/mol. The lowest BCUT2D eigenvalue weighted by molar-refractivity contribution is -0.115. The average molecular weight is 869 g/mol. The molecule has 64 heavy (non-hydrogen) atoms. The van der Waals surface area contributed by atoms with E-state index in [4.69, 9.17) is 18.9 Å². The van der Waals surface area contributed by atoms with Crippen LogP contribution in [-0.4, -0.2) is 87.7 Å². The van der Waals surface area contributed by atoms with E-state index in [2.05, 4.69) is 52.2 Å². The quantitative estimate of drug-likeness (QED) is 0.198. The first-order valence-corrected chi connectivity index (χ1v) is 21.8. The summed E-state index contributed by atoms with van der Waals surface area (Å²) in [5.41, 5.74) is 5.52. The van der Waals surface area contributed by atoms with Crippen molar-refractivity contribution in [1.29, 1.82) is 0 Å². The van der Waals surface area contributed by atoms with E-state index in [0.717, 1.165) is 11.1 Å². The number of rotatable bonds is 0. The summed E-state index contributed by atoms with van der Waals surface area (Å²) in [6, 6.07) is 14.4. The van der Waals surface area contributed by atoms with Gasteiger partial charge in [-0.15, -0.1) is 0 Å². The molecule has 0 atom stereocenters. The van der Waals surface area contributed by atoms with Crippen LogP contribution in [0.3, 0.4) is 0 Å². The molecular formula is C52H56N2O10. The largest absolute Gasteiger partial charge is 0.491 e. The molecule has 2 heterocycles. The number of Topliss-reactive ketones (excluding diaryl/α,β-unsaturated/α-hetero) is 2. The molecule has 12 heteroatoms. The molecule has 2 aliphatic heterocycles. The lowest BCUT2D eigenvalue weighted by Crippen LogP contribution is -2.29. The van der Waals surface area contributed by atoms with E-state index < -0.39 is 0 Å². The van der Waals surface area contributed by atoms with Crippen LogP contribution in [0.1, 0.15) is 95.6 Å². The number of ether oxygens (including phenoxy) is 4. The summed E-state index contributed by atoms with van der Waals surface area (Å²) in [6.07, 6.45) is 5.78. The maximum atomic E-state index is 14.6. The van der Waals surface area contributed by atoms with Crippen LogP contribution in [0.15, 0.2) is 95.1 Å². The molecule has 0 saturated carbocycles. The Balaban J connectivity index is 1.34. The third-order valence-electron chi connectivity index (χ3n) is 11.6. The zero-order valence-corrected chi connectivity index (χ0v) is 37.5. The number of benzene rings is 3. The second-order valence-corrected chi connectivity index (χ2v) is 18.6. The van der Waals surface area contributed by atoms with Gasteiger partial charge in [0, 0.05) is 72.2 Å². The molecule has 0 fully saturated rings. The highest BCUT2D eigenvalue weighted by Gasteiger charge is 2.31. The van der Waals surface area contributed by atoms with Crippen molar-refractivity contribution in [2.75, 3.05) is 52.7 Å². The van der Waals surface area contributed by atoms with Gasteiger partial charge in [0.1, 0.15) is 24.7 Å². The Hall–Kier alpha value is -6.24. The Morgan fingerprint density at radius 3 is 1.12 bits per heavy atom. The maximum absolute atomic E-state index is 14.6. The third kappa shape index (κ3) is 10.9. The predicted molar refractivity (Wildman–Crippen MR) is 241 cm³/mol. The molecule has 5 aliphatic rings. The van der Waals surface area contributed by atoms with Gasteiger partial charge in [0.2, 0.25) is 0 Å². The molecule has 3 aliphatic carbocycles. The summed E-state index contributed by atoms with van der Waals surface area (Å²) < 4.78 is 24.8. The molecule has 3 aromatic carbocycles. The Morgan fingerprint density at radius 1 is 0.453 bits per heavy atom. The van der Waals surface area contributed by atoms with Gasteiger partial charge < -0.3 is 29.6 Å². The van der Waals surface area contributed by atoms with Crippen molar-refractivity contribution < 1.29 is 47.7 Å². The molecule has 0 spiro atoms. The number of ketones is 4. The smallest absolute Gasteiger partial charge is 0.251 e. The second-order valence-electron chi connectivity index (χ2n) is 18.6. The summed E-state index contributed by atoms with van der Waals surface area (Å²) >= 11 is 0. The SMILES string of the molecule is CC(C)(C)c1cc2c3c(c1)CC1=CC(=O)C=C(Cc4cc(C(C)(C)C)cc(c4OCCOCCNC(=O)c4cccc(c4)C(=O)NCCOCCO3)CC3=CC(=O)C=C(C2)C3=O)C1=O. The Morgan fingerprint density at radius 2 is 0.797 bits per heavy atom. The summed E-state index contributed by atoms with van der Waals surface area (Å²) in [7, 11) is 0. The van der Waals surface area contributed by atoms with E-state index in [1.54, 1.807) is 18.2 Å². The van der Waals surface area contributed by atoms with Gasteiger partial charge in [0.15, 0.2) is 23.1 Å². The molecule has 2 N–H and O–H groups in total. The number of nitrogens with one attached hydrogen (secondary N) is 2. The lowest BCUT2D eigenvalue weighted by Gasteiger charge is -2.27. The van der Waals surface area contributed by atoms with Gasteiger partial charge in [-0.05, 0) is 86.7 Å². The van der Waals surface area contributed by atoms with Crippen molar-refractivity contribution in [3.63, 3.8) is 0 Å². The highest BCUT2D eigenvalue weighted by molar-refractivity contribution is 6.21. The van der Waals surface area contributed by atoms with Crippen LogP contribution in [0.5, 0.6) is 11.5 Å². The van der Waals surface area contributed by atoms with Crippen LogP contribution in [0.25, 0.3) is 0 Å². The maximum Gasteiger partial charge on any atom is 0.251 e. The van der Waals surface area contributed by atoms with Crippen LogP contribution < -0.4 is 20.1 Å². The molecule has 0 saturated heterocycles. The number of carbonyl (C=O) groups excluding carboxylic acids is 6. The number of fused-ring (bicyclic) bond motifs is 14. The standard InChI is InChI=1S/C52H56N2O10/c1-51(2,3)41-23-37-19-33-27-43(55)29-35(45(33)57)21-39-25-42(52(4,5)6)26-40-22-36-30-44(56)28-34(46(36)58)20-38(24-41)47(37)63-16-14-61-12-10-53-49(59)31-8-7-9-32(18-31)50(60)54-11-13-62-15-17-64-48(39)40/h7-9,18,23-30H,10-17,19-22H2,1-6H3,(H,53,59)(H,54,60). The van der Waals surface area contributed by atoms with Crippen molar-refractivity contribution in [1.82, 2.24) is 10.6 Å².